The summed E-state index contributed by atoms with van der Waals surface area (Å²) in [6, 6.07) is 6.16. The third kappa shape index (κ3) is 4.93. The number of fused-ring (bicyclic) bond motifs is 1. The third-order valence-corrected chi connectivity index (χ3v) is 4.99. The molecule has 1 amide bonds. The van der Waals surface area contributed by atoms with Gasteiger partial charge >= 0.3 is 12.1 Å². The summed E-state index contributed by atoms with van der Waals surface area (Å²) in [5, 5.41) is 3.48. The molecule has 3 aromatic rings. The smallest absolute Gasteiger partial charge is 0.419 e. The van der Waals surface area contributed by atoms with Crippen LogP contribution in [0.25, 0.3) is 10.9 Å². The normalized spacial score (nSPS) is 11.0. The van der Waals surface area contributed by atoms with Crippen LogP contribution in [0.1, 0.15) is 49.5 Å². The number of aromatic nitrogens is 1. The standard InChI is InChI=1S/C23H23ClN2O7/c1-5-31-23(30)26-17-10-15(24)6-7-16(17)18(25-22(29)12(2)3)19(26)20(28)21-14(8-9-32-21)11-33-13(4)27/h6-10,12H,5,11H2,1-4H3,(H,25,29). The maximum Gasteiger partial charge on any atom is 0.419 e. The summed E-state index contributed by atoms with van der Waals surface area (Å²) in [4.78, 5) is 50.4. The lowest BCUT2D eigenvalue weighted by Crippen LogP contribution is -2.23. The van der Waals surface area contributed by atoms with E-state index in [1.54, 1.807) is 32.9 Å². The average molecular weight is 475 g/mol. The highest BCUT2D eigenvalue weighted by Crippen LogP contribution is 2.35. The number of anilines is 1. The summed E-state index contributed by atoms with van der Waals surface area (Å²) < 4.78 is 16.6. The Morgan fingerprint density at radius 1 is 1.15 bits per heavy atom. The van der Waals surface area contributed by atoms with Crippen LogP contribution in [0.3, 0.4) is 0 Å². The van der Waals surface area contributed by atoms with E-state index in [-0.39, 0.29) is 41.8 Å². The van der Waals surface area contributed by atoms with Crippen LogP contribution in [0.15, 0.2) is 34.9 Å². The summed E-state index contributed by atoms with van der Waals surface area (Å²) in [5.74, 6) is -2.14. The van der Waals surface area contributed by atoms with Gasteiger partial charge in [0, 0.05) is 28.8 Å². The molecule has 1 aromatic carbocycles. The second-order valence-electron chi connectivity index (χ2n) is 7.45. The number of furan rings is 1. The lowest BCUT2D eigenvalue weighted by Gasteiger charge is -2.12. The van der Waals surface area contributed by atoms with Crippen molar-refractivity contribution in [3.63, 3.8) is 0 Å². The summed E-state index contributed by atoms with van der Waals surface area (Å²) in [6.07, 6.45) is 0.443. The monoisotopic (exact) mass is 474 g/mol. The number of nitrogens with zero attached hydrogens (tertiary/aromatic N) is 1. The number of ether oxygens (including phenoxy) is 2. The van der Waals surface area contributed by atoms with E-state index < -0.39 is 23.8 Å². The van der Waals surface area contributed by atoms with Crippen LogP contribution in [-0.4, -0.2) is 34.9 Å². The molecule has 3 rings (SSSR count). The van der Waals surface area contributed by atoms with Gasteiger partial charge < -0.3 is 19.2 Å². The van der Waals surface area contributed by atoms with Gasteiger partial charge in [-0.15, -0.1) is 0 Å². The zero-order valence-corrected chi connectivity index (χ0v) is 19.3. The van der Waals surface area contributed by atoms with Crippen LogP contribution < -0.4 is 5.32 Å². The number of rotatable bonds is 7. The van der Waals surface area contributed by atoms with Gasteiger partial charge in [-0.25, -0.2) is 9.36 Å². The Hall–Kier alpha value is -3.59. The Balaban J connectivity index is 2.28. The van der Waals surface area contributed by atoms with Crippen molar-refractivity contribution in [3.8, 4) is 0 Å². The predicted octanol–water partition coefficient (Wildman–Crippen LogP) is 4.78. The van der Waals surface area contributed by atoms with Crippen molar-refractivity contribution >= 4 is 51.9 Å². The van der Waals surface area contributed by atoms with E-state index in [9.17, 15) is 19.2 Å². The van der Waals surface area contributed by atoms with Crippen molar-refractivity contribution in [1.82, 2.24) is 4.57 Å². The highest BCUT2D eigenvalue weighted by molar-refractivity contribution is 6.32. The first-order chi connectivity index (χ1) is 15.6. The fourth-order valence-electron chi connectivity index (χ4n) is 3.18. The zero-order chi connectivity index (χ0) is 24.3. The first kappa shape index (κ1) is 24.1. The number of carbonyl (C=O) groups excluding carboxylic acids is 4. The van der Waals surface area contributed by atoms with Crippen LogP contribution in [0.4, 0.5) is 10.5 Å². The maximum atomic E-state index is 13.7. The number of ketones is 1. The number of amides is 1. The fraction of sp³-hybridized carbons (Fsp3) is 0.304. The largest absolute Gasteiger partial charge is 0.461 e. The van der Waals surface area contributed by atoms with Crippen LogP contribution in [0.2, 0.25) is 5.02 Å². The number of hydrogen-bond donors (Lipinski definition) is 1. The Morgan fingerprint density at radius 2 is 1.88 bits per heavy atom. The SMILES string of the molecule is CCOC(=O)n1c(C(=O)c2occc2COC(C)=O)c(NC(=O)C(C)C)c2ccc(Cl)cc21. The minimum absolute atomic E-state index is 0.0544. The third-order valence-electron chi connectivity index (χ3n) is 4.75. The van der Waals surface area contributed by atoms with E-state index >= 15 is 0 Å². The molecule has 0 radical (unpaired) electrons. The Bertz CT molecular complexity index is 1240. The minimum Gasteiger partial charge on any atom is -0.461 e. The molecule has 0 fully saturated rings. The van der Waals surface area contributed by atoms with Crippen LogP contribution in [0, 0.1) is 5.92 Å². The predicted molar refractivity (Wildman–Crippen MR) is 120 cm³/mol. The number of nitrogens with one attached hydrogen (secondary N) is 1. The second-order valence-corrected chi connectivity index (χ2v) is 7.88. The van der Waals surface area contributed by atoms with Crippen molar-refractivity contribution in [2.75, 3.05) is 11.9 Å². The molecule has 0 aliphatic rings. The molecule has 0 bridgehead atoms. The topological polar surface area (TPSA) is 117 Å². The van der Waals surface area contributed by atoms with Gasteiger partial charge in [-0.1, -0.05) is 25.4 Å². The van der Waals surface area contributed by atoms with Gasteiger partial charge in [-0.05, 0) is 31.2 Å². The number of halogens is 1. The molecule has 9 nitrogen and oxygen atoms in total. The van der Waals surface area contributed by atoms with Gasteiger partial charge in [0.15, 0.2) is 5.76 Å². The molecular weight excluding hydrogens is 452 g/mol. The quantitative estimate of drug-likeness (QED) is 0.386. The van der Waals surface area contributed by atoms with Crippen molar-refractivity contribution < 1.29 is 33.1 Å². The van der Waals surface area contributed by atoms with Gasteiger partial charge in [-0.2, -0.15) is 0 Å². The number of esters is 1. The molecule has 0 atom stereocenters. The lowest BCUT2D eigenvalue weighted by molar-refractivity contribution is -0.142. The van der Waals surface area contributed by atoms with Crippen molar-refractivity contribution in [2.45, 2.75) is 34.3 Å². The van der Waals surface area contributed by atoms with Gasteiger partial charge in [0.2, 0.25) is 11.7 Å². The molecule has 0 saturated heterocycles. The molecule has 1 N–H and O–H groups in total. The number of benzene rings is 1. The van der Waals surface area contributed by atoms with E-state index in [0.717, 1.165) is 4.57 Å². The van der Waals surface area contributed by atoms with E-state index in [1.165, 1.54) is 25.3 Å². The molecule has 10 heteroatoms. The molecule has 0 unspecified atom stereocenters. The summed E-state index contributed by atoms with van der Waals surface area (Å²) in [5.41, 5.74) is 0.526. The number of hydrogen-bond acceptors (Lipinski definition) is 7. The van der Waals surface area contributed by atoms with Crippen molar-refractivity contribution in [2.24, 2.45) is 5.92 Å². The van der Waals surface area contributed by atoms with Gasteiger partial charge in [-0.3, -0.25) is 14.4 Å². The molecule has 174 valence electrons. The van der Waals surface area contributed by atoms with E-state index in [4.69, 9.17) is 25.5 Å². The minimum atomic E-state index is -0.828. The number of carbonyl (C=O) groups is 4. The molecule has 2 heterocycles. The molecule has 0 spiro atoms. The van der Waals surface area contributed by atoms with Crippen LogP contribution in [0.5, 0.6) is 0 Å². The fourth-order valence-corrected chi connectivity index (χ4v) is 3.35. The van der Waals surface area contributed by atoms with Crippen LogP contribution >= 0.6 is 11.6 Å². The van der Waals surface area contributed by atoms with Gasteiger partial charge in [0.25, 0.3) is 0 Å². The Kier molecular flexibility index (Phi) is 7.23. The molecule has 0 aliphatic carbocycles. The maximum absolute atomic E-state index is 13.7. The second kappa shape index (κ2) is 9.91. The van der Waals surface area contributed by atoms with Crippen LogP contribution in [-0.2, 0) is 25.7 Å². The zero-order valence-electron chi connectivity index (χ0n) is 18.6. The molecular formula is C23H23ClN2O7. The first-order valence-corrected chi connectivity index (χ1v) is 10.6. The van der Waals surface area contributed by atoms with E-state index in [1.807, 2.05) is 0 Å². The van der Waals surface area contributed by atoms with E-state index in [2.05, 4.69) is 5.32 Å². The van der Waals surface area contributed by atoms with Gasteiger partial charge in [0.1, 0.15) is 12.3 Å². The highest BCUT2D eigenvalue weighted by atomic mass is 35.5. The van der Waals surface area contributed by atoms with Gasteiger partial charge in [0.05, 0.1) is 24.1 Å². The molecule has 33 heavy (non-hydrogen) atoms. The summed E-state index contributed by atoms with van der Waals surface area (Å²) >= 11 is 6.16. The van der Waals surface area contributed by atoms with Crippen molar-refractivity contribution in [3.05, 3.63) is 52.6 Å². The molecule has 0 aliphatic heterocycles. The lowest BCUT2D eigenvalue weighted by atomic mass is 10.1. The molecule has 2 aromatic heterocycles. The summed E-state index contributed by atoms with van der Waals surface area (Å²) in [7, 11) is 0. The highest BCUT2D eigenvalue weighted by Gasteiger charge is 2.32. The van der Waals surface area contributed by atoms with E-state index in [0.29, 0.717) is 16.0 Å². The Labute approximate surface area is 194 Å². The first-order valence-electron chi connectivity index (χ1n) is 10.2. The van der Waals surface area contributed by atoms with Crippen molar-refractivity contribution in [1.29, 1.82) is 0 Å². The average Bonchev–Trinajstić information content (AvgIpc) is 3.34. The molecule has 0 saturated carbocycles. The Morgan fingerprint density at radius 3 is 2.52 bits per heavy atom. The summed E-state index contributed by atoms with van der Waals surface area (Å²) in [6.45, 7) is 6.11.